The molecule has 1 amide bonds. The van der Waals surface area contributed by atoms with E-state index in [0.29, 0.717) is 12.2 Å². The fourth-order valence-electron chi connectivity index (χ4n) is 3.66. The molecular weight excluding hydrogens is 366 g/mol. The number of benzene rings is 2. The monoisotopic (exact) mass is 397 g/mol. The largest absolute Gasteiger partial charge is 0.488 e. The molecular formula is C23H31N3O3+2. The van der Waals surface area contributed by atoms with Crippen molar-refractivity contribution in [1.29, 1.82) is 0 Å². The molecule has 6 nitrogen and oxygen atoms in total. The third kappa shape index (κ3) is 6.14. The number of para-hydroxylation sites is 1. The van der Waals surface area contributed by atoms with Crippen molar-refractivity contribution in [2.45, 2.75) is 19.9 Å². The molecule has 0 aliphatic carbocycles. The van der Waals surface area contributed by atoms with Crippen LogP contribution in [0.5, 0.6) is 5.75 Å². The van der Waals surface area contributed by atoms with Gasteiger partial charge in [0.25, 0.3) is 5.91 Å². The second kappa shape index (κ2) is 10.2. The fraction of sp³-hybridized carbons (Fsp3) is 0.391. The number of anilines is 1. The summed E-state index contributed by atoms with van der Waals surface area (Å²) in [6.07, 6.45) is 0. The Labute approximate surface area is 172 Å². The van der Waals surface area contributed by atoms with E-state index in [-0.39, 0.29) is 17.7 Å². The minimum absolute atomic E-state index is 0.0198. The Hall–Kier alpha value is -2.70. The summed E-state index contributed by atoms with van der Waals surface area (Å²) in [5, 5.41) is 2.97. The normalized spacial score (nSPS) is 19.9. The lowest BCUT2D eigenvalue weighted by molar-refractivity contribution is -1.02. The number of rotatable bonds is 8. The highest BCUT2D eigenvalue weighted by Crippen LogP contribution is 2.10. The predicted molar refractivity (Wildman–Crippen MR) is 113 cm³/mol. The minimum Gasteiger partial charge on any atom is -0.488 e. The number of hydrogen-bond donors (Lipinski definition) is 3. The summed E-state index contributed by atoms with van der Waals surface area (Å²) in [4.78, 5) is 26.8. The number of ketones is 1. The van der Waals surface area contributed by atoms with Gasteiger partial charge in [0.2, 0.25) is 0 Å². The van der Waals surface area contributed by atoms with Crippen LogP contribution in [0.15, 0.2) is 54.6 Å². The van der Waals surface area contributed by atoms with Gasteiger partial charge in [-0.3, -0.25) is 9.59 Å². The van der Waals surface area contributed by atoms with Crippen molar-refractivity contribution in [3.05, 3.63) is 60.2 Å². The van der Waals surface area contributed by atoms with Gasteiger partial charge in [0.05, 0.1) is 0 Å². The molecule has 0 saturated carbocycles. The molecule has 1 heterocycles. The van der Waals surface area contributed by atoms with E-state index in [2.05, 4.69) is 5.32 Å². The van der Waals surface area contributed by atoms with Gasteiger partial charge < -0.3 is 19.9 Å². The average Bonchev–Trinajstić information content (AvgIpc) is 2.75. The quantitative estimate of drug-likeness (QED) is 0.553. The van der Waals surface area contributed by atoms with Gasteiger partial charge in [0, 0.05) is 11.3 Å². The molecule has 1 aliphatic rings. The highest BCUT2D eigenvalue weighted by Gasteiger charge is 2.30. The smallest absolute Gasteiger partial charge is 0.282 e. The molecule has 2 aromatic carbocycles. The Kier molecular flexibility index (Phi) is 7.38. The van der Waals surface area contributed by atoms with Crippen molar-refractivity contribution < 1.29 is 24.1 Å². The van der Waals surface area contributed by atoms with Gasteiger partial charge in [-0.2, -0.15) is 0 Å². The van der Waals surface area contributed by atoms with Crippen LogP contribution in [-0.4, -0.2) is 57.1 Å². The van der Waals surface area contributed by atoms with Crippen LogP contribution in [0.1, 0.15) is 24.2 Å². The van der Waals surface area contributed by atoms with E-state index in [9.17, 15) is 9.59 Å². The summed E-state index contributed by atoms with van der Waals surface area (Å²) in [6, 6.07) is 16.9. The van der Waals surface area contributed by atoms with Crippen molar-refractivity contribution in [3.63, 3.8) is 0 Å². The standard InChI is InChI=1S/C23H29N3O3/c1-18(23(28)24-21-10-8-20(9-11-21)19(2)27)26-14-12-25(13-15-26)16-17-29-22-6-4-3-5-7-22/h3-11,18H,12-17H2,1-2H3,(H,24,28)/p+2/t18-/m1/s1. The minimum atomic E-state index is -0.107. The van der Waals surface area contributed by atoms with Crippen molar-refractivity contribution >= 4 is 17.4 Å². The van der Waals surface area contributed by atoms with Crippen molar-refractivity contribution in [1.82, 2.24) is 0 Å². The maximum atomic E-state index is 12.6. The highest BCUT2D eigenvalue weighted by molar-refractivity contribution is 5.96. The van der Waals surface area contributed by atoms with E-state index in [1.807, 2.05) is 37.3 Å². The SMILES string of the molecule is CC(=O)c1ccc(NC(=O)[C@@H](C)[NH+]2CC[NH+](CCOc3ccccc3)CC2)cc1. The number of nitrogens with one attached hydrogen (secondary N) is 3. The van der Waals surface area contributed by atoms with E-state index in [1.54, 1.807) is 24.3 Å². The number of amides is 1. The number of quaternary nitrogens is 2. The lowest BCUT2D eigenvalue weighted by Gasteiger charge is -2.32. The molecule has 1 aliphatic heterocycles. The first-order valence-electron chi connectivity index (χ1n) is 10.3. The molecule has 29 heavy (non-hydrogen) atoms. The highest BCUT2D eigenvalue weighted by atomic mass is 16.5. The molecule has 6 heteroatoms. The fourth-order valence-corrected chi connectivity index (χ4v) is 3.66. The van der Waals surface area contributed by atoms with Crippen LogP contribution in [0.25, 0.3) is 0 Å². The van der Waals surface area contributed by atoms with Gasteiger partial charge in [-0.05, 0) is 50.2 Å². The van der Waals surface area contributed by atoms with Gasteiger partial charge in [-0.25, -0.2) is 0 Å². The molecule has 0 bridgehead atoms. The summed E-state index contributed by atoms with van der Waals surface area (Å²) >= 11 is 0. The molecule has 1 saturated heterocycles. The zero-order valence-corrected chi connectivity index (χ0v) is 17.2. The van der Waals surface area contributed by atoms with Crippen LogP contribution < -0.4 is 19.9 Å². The zero-order valence-electron chi connectivity index (χ0n) is 17.2. The number of carbonyl (C=O) groups is 2. The Balaban J connectivity index is 1.40. The second-order valence-electron chi connectivity index (χ2n) is 7.66. The third-order valence-corrected chi connectivity index (χ3v) is 5.63. The summed E-state index contributed by atoms with van der Waals surface area (Å²) in [6.45, 7) is 9.23. The molecule has 0 spiro atoms. The Morgan fingerprint density at radius 3 is 2.28 bits per heavy atom. The Morgan fingerprint density at radius 1 is 1.00 bits per heavy atom. The molecule has 3 rings (SSSR count). The summed E-state index contributed by atoms with van der Waals surface area (Å²) in [7, 11) is 0. The summed E-state index contributed by atoms with van der Waals surface area (Å²) in [5.41, 5.74) is 1.38. The van der Waals surface area contributed by atoms with Crippen molar-refractivity contribution in [3.8, 4) is 5.75 Å². The van der Waals surface area contributed by atoms with Gasteiger partial charge in [0.15, 0.2) is 11.8 Å². The van der Waals surface area contributed by atoms with E-state index in [1.165, 1.54) is 16.7 Å². The lowest BCUT2D eigenvalue weighted by Crippen LogP contribution is -3.30. The van der Waals surface area contributed by atoms with Crippen LogP contribution >= 0.6 is 0 Å². The van der Waals surface area contributed by atoms with Gasteiger partial charge in [-0.15, -0.1) is 0 Å². The first-order valence-corrected chi connectivity index (χ1v) is 10.3. The zero-order chi connectivity index (χ0) is 20.6. The van der Waals surface area contributed by atoms with E-state index >= 15 is 0 Å². The molecule has 0 aromatic heterocycles. The van der Waals surface area contributed by atoms with Crippen molar-refractivity contribution in [2.24, 2.45) is 0 Å². The molecule has 154 valence electrons. The molecule has 1 fully saturated rings. The number of Topliss-reactive ketones (excluding diaryl/α,β-unsaturated/α-hetero) is 1. The molecule has 0 unspecified atom stereocenters. The topological polar surface area (TPSA) is 64.3 Å². The van der Waals surface area contributed by atoms with Crippen LogP contribution in [0, 0.1) is 0 Å². The van der Waals surface area contributed by atoms with Gasteiger partial charge in [-0.1, -0.05) is 18.2 Å². The molecule has 1 atom stereocenters. The molecule has 2 aromatic rings. The summed E-state index contributed by atoms with van der Waals surface area (Å²) < 4.78 is 5.80. The number of hydrogen-bond acceptors (Lipinski definition) is 3. The van der Waals surface area contributed by atoms with E-state index in [0.717, 1.165) is 44.2 Å². The van der Waals surface area contributed by atoms with Crippen LogP contribution in [0.4, 0.5) is 5.69 Å². The maximum Gasteiger partial charge on any atom is 0.282 e. The number of piperazine rings is 1. The van der Waals surface area contributed by atoms with Crippen LogP contribution in [0.3, 0.4) is 0 Å². The van der Waals surface area contributed by atoms with Gasteiger partial charge in [0.1, 0.15) is 45.1 Å². The second-order valence-corrected chi connectivity index (χ2v) is 7.66. The third-order valence-electron chi connectivity index (χ3n) is 5.63. The molecule has 0 radical (unpaired) electrons. The Morgan fingerprint density at radius 2 is 1.66 bits per heavy atom. The Bertz CT molecular complexity index is 800. The van der Waals surface area contributed by atoms with Crippen LogP contribution in [-0.2, 0) is 4.79 Å². The first-order chi connectivity index (χ1) is 14.0. The van der Waals surface area contributed by atoms with Gasteiger partial charge >= 0.3 is 0 Å². The maximum absolute atomic E-state index is 12.6. The predicted octanol–water partition coefficient (Wildman–Crippen LogP) is 0.0786. The summed E-state index contributed by atoms with van der Waals surface area (Å²) in [5.74, 6) is 0.958. The van der Waals surface area contributed by atoms with E-state index in [4.69, 9.17) is 4.74 Å². The van der Waals surface area contributed by atoms with E-state index < -0.39 is 0 Å². The number of ether oxygens (including phenoxy) is 1. The van der Waals surface area contributed by atoms with Crippen LogP contribution in [0.2, 0.25) is 0 Å². The first kappa shape index (κ1) is 21.0. The lowest BCUT2D eigenvalue weighted by atomic mass is 10.1. The average molecular weight is 398 g/mol. The number of carbonyl (C=O) groups excluding carboxylic acids is 2. The van der Waals surface area contributed by atoms with Crippen molar-refractivity contribution in [2.75, 3.05) is 44.6 Å². The molecule has 3 N–H and O–H groups in total.